The molecule has 0 bridgehead atoms. The van der Waals surface area contributed by atoms with Crippen LogP contribution in [0.1, 0.15) is 48.7 Å². The molecule has 1 unspecified atom stereocenters. The van der Waals surface area contributed by atoms with Crippen molar-refractivity contribution in [3.8, 4) is 5.69 Å². The van der Waals surface area contributed by atoms with Crippen molar-refractivity contribution in [3.63, 3.8) is 0 Å². The number of rotatable bonds is 7. The number of allylic oxidation sites excluding steroid dienone is 2. The molecular formula is C20H23ClN2O3. The Kier molecular flexibility index (Phi) is 7.04. The number of aromatic nitrogens is 2. The first-order valence-corrected chi connectivity index (χ1v) is 8.79. The van der Waals surface area contributed by atoms with Crippen LogP contribution in [0.2, 0.25) is 5.02 Å². The van der Waals surface area contributed by atoms with E-state index in [1.165, 1.54) is 6.26 Å². The average Bonchev–Trinajstić information content (AvgIpc) is 3.00. The normalized spacial score (nSPS) is 12.7. The van der Waals surface area contributed by atoms with E-state index in [2.05, 4.69) is 4.98 Å². The molecule has 2 rings (SSSR count). The predicted octanol–water partition coefficient (Wildman–Crippen LogP) is 5.00. The number of halogens is 1. The van der Waals surface area contributed by atoms with Crippen molar-refractivity contribution < 1.29 is 14.3 Å². The van der Waals surface area contributed by atoms with Crippen molar-refractivity contribution in [2.24, 2.45) is 0 Å². The minimum Gasteiger partial charge on any atom is -0.504 e. The van der Waals surface area contributed by atoms with Gasteiger partial charge in [-0.3, -0.25) is 4.57 Å². The molecule has 1 aromatic heterocycles. The van der Waals surface area contributed by atoms with Crippen LogP contribution in [-0.2, 0) is 9.47 Å². The Labute approximate surface area is 158 Å². The largest absolute Gasteiger partial charge is 0.504 e. The second kappa shape index (κ2) is 9.25. The lowest BCUT2D eigenvalue weighted by Gasteiger charge is -2.14. The third kappa shape index (κ3) is 4.17. The first-order valence-electron chi connectivity index (χ1n) is 8.41. The Bertz CT molecular complexity index is 824. The van der Waals surface area contributed by atoms with Gasteiger partial charge in [-0.25, -0.2) is 9.78 Å². The molecule has 1 heterocycles. The lowest BCUT2D eigenvalue weighted by atomic mass is 10.1. The van der Waals surface area contributed by atoms with E-state index >= 15 is 0 Å². The Morgan fingerprint density at radius 3 is 2.73 bits per heavy atom. The summed E-state index contributed by atoms with van der Waals surface area (Å²) in [6.45, 7) is 5.98. The maximum Gasteiger partial charge on any atom is 0.359 e. The zero-order chi connectivity index (χ0) is 19.1. The molecule has 0 spiro atoms. The summed E-state index contributed by atoms with van der Waals surface area (Å²) in [5.41, 5.74) is 1.52. The summed E-state index contributed by atoms with van der Waals surface area (Å²) in [4.78, 5) is 17.1. The van der Waals surface area contributed by atoms with Crippen LogP contribution in [0.15, 0.2) is 42.7 Å². The number of hydrogen-bond acceptors (Lipinski definition) is 4. The van der Waals surface area contributed by atoms with Crippen LogP contribution in [0.5, 0.6) is 0 Å². The molecular weight excluding hydrogens is 352 g/mol. The van der Waals surface area contributed by atoms with Crippen LogP contribution in [-0.4, -0.2) is 29.2 Å². The number of nitrogens with zero attached hydrogens (tertiary/aromatic N) is 2. The maximum absolute atomic E-state index is 12.5. The van der Waals surface area contributed by atoms with Gasteiger partial charge < -0.3 is 9.47 Å². The Balaban J connectivity index is 2.80. The van der Waals surface area contributed by atoms with Gasteiger partial charge >= 0.3 is 5.97 Å². The van der Waals surface area contributed by atoms with Crippen molar-refractivity contribution in [3.05, 3.63) is 64.9 Å². The second-order valence-corrected chi connectivity index (χ2v) is 5.97. The number of hydrogen-bond donors (Lipinski definition) is 0. The standard InChI is InChI=1S/C20H23ClN2O3/c1-5-9-14(3)19-22-18(20(24)26-6-2)17(12-13-25-4)23(19)16-11-8-7-10-15(16)21/h5,7-14H,6H2,1-4H3/b9-5-,13-12+. The van der Waals surface area contributed by atoms with Gasteiger partial charge in [0.15, 0.2) is 5.69 Å². The summed E-state index contributed by atoms with van der Waals surface area (Å²) in [6, 6.07) is 7.43. The summed E-state index contributed by atoms with van der Waals surface area (Å²) in [6.07, 6.45) is 7.14. The van der Waals surface area contributed by atoms with Crippen molar-refractivity contribution in [1.29, 1.82) is 0 Å². The molecule has 1 aromatic carbocycles. The Morgan fingerprint density at radius 1 is 1.38 bits per heavy atom. The molecule has 26 heavy (non-hydrogen) atoms. The van der Waals surface area contributed by atoms with E-state index in [1.54, 1.807) is 26.2 Å². The second-order valence-electron chi connectivity index (χ2n) is 5.56. The number of esters is 1. The van der Waals surface area contributed by atoms with Crippen LogP contribution in [0, 0.1) is 0 Å². The van der Waals surface area contributed by atoms with Crippen molar-refractivity contribution >= 4 is 23.6 Å². The highest BCUT2D eigenvalue weighted by Gasteiger charge is 2.25. The van der Waals surface area contributed by atoms with Crippen LogP contribution in [0.25, 0.3) is 11.8 Å². The fraction of sp³-hybridized carbons (Fsp3) is 0.300. The lowest BCUT2D eigenvalue weighted by molar-refractivity contribution is 0.0519. The van der Waals surface area contributed by atoms with E-state index in [9.17, 15) is 4.79 Å². The molecule has 1 atom stereocenters. The van der Waals surface area contributed by atoms with Crippen molar-refractivity contribution in [2.45, 2.75) is 26.7 Å². The predicted molar refractivity (Wildman–Crippen MR) is 104 cm³/mol. The zero-order valence-electron chi connectivity index (χ0n) is 15.4. The highest BCUT2D eigenvalue weighted by molar-refractivity contribution is 6.32. The third-order valence-electron chi connectivity index (χ3n) is 3.75. The van der Waals surface area contributed by atoms with E-state index in [1.807, 2.05) is 48.8 Å². The molecule has 0 radical (unpaired) electrons. The van der Waals surface area contributed by atoms with Gasteiger partial charge in [0.1, 0.15) is 5.82 Å². The highest BCUT2D eigenvalue weighted by Crippen LogP contribution is 2.30. The summed E-state index contributed by atoms with van der Waals surface area (Å²) < 4.78 is 12.1. The summed E-state index contributed by atoms with van der Waals surface area (Å²) in [7, 11) is 1.54. The molecule has 0 aliphatic rings. The molecule has 6 heteroatoms. The molecule has 0 aliphatic heterocycles. The van der Waals surface area contributed by atoms with Crippen molar-refractivity contribution in [1.82, 2.24) is 9.55 Å². The monoisotopic (exact) mass is 374 g/mol. The number of carbonyl (C=O) groups is 1. The van der Waals surface area contributed by atoms with Crippen LogP contribution < -0.4 is 0 Å². The number of methoxy groups -OCH3 is 1. The van der Waals surface area contributed by atoms with Gasteiger partial charge in [-0.1, -0.05) is 42.8 Å². The number of carbonyl (C=O) groups excluding carboxylic acids is 1. The van der Waals surface area contributed by atoms with Crippen molar-refractivity contribution in [2.75, 3.05) is 13.7 Å². The van der Waals surface area contributed by atoms with Gasteiger partial charge in [0.05, 0.1) is 36.4 Å². The third-order valence-corrected chi connectivity index (χ3v) is 4.07. The Morgan fingerprint density at radius 2 is 2.12 bits per heavy atom. The number of imidazole rings is 1. The average molecular weight is 375 g/mol. The summed E-state index contributed by atoms with van der Waals surface area (Å²) >= 11 is 6.43. The van der Waals surface area contributed by atoms with Gasteiger partial charge in [-0.05, 0) is 32.1 Å². The smallest absolute Gasteiger partial charge is 0.359 e. The zero-order valence-corrected chi connectivity index (χ0v) is 16.2. The SMILES string of the molecule is C/C=C\C(C)c1nc(C(=O)OCC)c(/C=C/OC)n1-c1ccccc1Cl. The summed E-state index contributed by atoms with van der Waals surface area (Å²) in [5.74, 6) is 0.173. The van der Waals surface area contributed by atoms with Gasteiger partial charge in [0.25, 0.3) is 0 Å². The van der Waals surface area contributed by atoms with E-state index < -0.39 is 5.97 Å². The number of ether oxygens (including phenoxy) is 2. The van der Waals surface area contributed by atoms with E-state index in [0.717, 1.165) is 5.69 Å². The van der Waals surface area contributed by atoms with E-state index in [0.29, 0.717) is 16.5 Å². The lowest BCUT2D eigenvalue weighted by Crippen LogP contribution is -2.08. The van der Waals surface area contributed by atoms with Gasteiger partial charge in [0.2, 0.25) is 0 Å². The van der Waals surface area contributed by atoms with Gasteiger partial charge in [-0.15, -0.1) is 0 Å². The first-order chi connectivity index (χ1) is 12.5. The van der Waals surface area contributed by atoms with Crippen LogP contribution in [0.4, 0.5) is 0 Å². The molecule has 0 saturated carbocycles. The minimum absolute atomic E-state index is 0.0332. The molecule has 0 N–H and O–H groups in total. The van der Waals surface area contributed by atoms with Crippen LogP contribution in [0.3, 0.4) is 0 Å². The highest BCUT2D eigenvalue weighted by atomic mass is 35.5. The molecule has 0 amide bonds. The summed E-state index contributed by atoms with van der Waals surface area (Å²) in [5, 5.41) is 0.557. The molecule has 0 fully saturated rings. The maximum atomic E-state index is 12.5. The number of benzene rings is 1. The molecule has 2 aromatic rings. The molecule has 5 nitrogen and oxygen atoms in total. The first kappa shape index (κ1) is 19.8. The fourth-order valence-electron chi connectivity index (χ4n) is 2.65. The van der Waals surface area contributed by atoms with E-state index in [-0.39, 0.29) is 18.2 Å². The fourth-order valence-corrected chi connectivity index (χ4v) is 2.87. The van der Waals surface area contributed by atoms with E-state index in [4.69, 9.17) is 21.1 Å². The minimum atomic E-state index is -0.483. The topological polar surface area (TPSA) is 53.4 Å². The Hall–Kier alpha value is -2.53. The van der Waals surface area contributed by atoms with Crippen LogP contribution >= 0.6 is 11.6 Å². The molecule has 0 saturated heterocycles. The molecule has 138 valence electrons. The quantitative estimate of drug-likeness (QED) is 0.389. The van der Waals surface area contributed by atoms with Gasteiger partial charge in [0, 0.05) is 5.92 Å². The number of para-hydroxylation sites is 1. The molecule has 0 aliphatic carbocycles. The van der Waals surface area contributed by atoms with Gasteiger partial charge in [-0.2, -0.15) is 0 Å².